The van der Waals surface area contributed by atoms with Gasteiger partial charge < -0.3 is 9.42 Å². The molecule has 0 saturated carbocycles. The van der Waals surface area contributed by atoms with E-state index in [1.807, 2.05) is 22.4 Å². The highest BCUT2D eigenvalue weighted by Crippen LogP contribution is 2.23. The summed E-state index contributed by atoms with van der Waals surface area (Å²) in [5.74, 6) is 2.09. The summed E-state index contributed by atoms with van der Waals surface area (Å²) in [6.07, 6.45) is 2.89. The molecule has 3 rings (SSSR count). The van der Waals surface area contributed by atoms with E-state index in [0.717, 1.165) is 43.1 Å². The van der Waals surface area contributed by atoms with Crippen LogP contribution in [-0.4, -0.2) is 34.0 Å². The minimum Gasteiger partial charge on any atom is -0.340 e. The minimum absolute atomic E-state index is 0.165. The molecule has 0 spiro atoms. The first kappa shape index (κ1) is 13.3. The Balaban J connectivity index is 1.51. The molecule has 6 heteroatoms. The summed E-state index contributed by atoms with van der Waals surface area (Å²) in [4.78, 5) is 19.2. The van der Waals surface area contributed by atoms with Gasteiger partial charge in [0.25, 0.3) is 5.91 Å². The van der Waals surface area contributed by atoms with Gasteiger partial charge in [0.05, 0.1) is 4.88 Å². The van der Waals surface area contributed by atoms with Crippen molar-refractivity contribution in [3.63, 3.8) is 0 Å². The van der Waals surface area contributed by atoms with Gasteiger partial charge in [0.1, 0.15) is 0 Å². The van der Waals surface area contributed by atoms with Gasteiger partial charge in [0.2, 0.25) is 5.89 Å². The van der Waals surface area contributed by atoms with Crippen LogP contribution < -0.4 is 0 Å². The topological polar surface area (TPSA) is 59.2 Å². The molecule has 0 bridgehead atoms. The van der Waals surface area contributed by atoms with Crippen LogP contribution in [0, 0.1) is 12.8 Å². The highest BCUT2D eigenvalue weighted by molar-refractivity contribution is 7.12. The lowest BCUT2D eigenvalue weighted by molar-refractivity contribution is 0.0791. The van der Waals surface area contributed by atoms with Gasteiger partial charge in [-0.2, -0.15) is 4.98 Å². The fourth-order valence-corrected chi connectivity index (χ4v) is 3.28. The highest BCUT2D eigenvalue weighted by atomic mass is 32.1. The Morgan fingerprint density at radius 2 is 2.50 bits per heavy atom. The molecule has 1 saturated heterocycles. The van der Waals surface area contributed by atoms with Gasteiger partial charge in [-0.15, -0.1) is 11.3 Å². The van der Waals surface area contributed by atoms with Gasteiger partial charge in [0.15, 0.2) is 5.82 Å². The van der Waals surface area contributed by atoms with Crippen molar-refractivity contribution >= 4 is 17.2 Å². The third-order valence-corrected chi connectivity index (χ3v) is 4.51. The van der Waals surface area contributed by atoms with Crippen LogP contribution in [0.3, 0.4) is 0 Å². The van der Waals surface area contributed by atoms with Gasteiger partial charge in [-0.25, -0.2) is 0 Å². The van der Waals surface area contributed by atoms with Crippen molar-refractivity contribution < 1.29 is 9.32 Å². The van der Waals surface area contributed by atoms with E-state index in [0.29, 0.717) is 11.8 Å². The monoisotopic (exact) mass is 291 g/mol. The molecule has 1 aliphatic heterocycles. The summed E-state index contributed by atoms with van der Waals surface area (Å²) in [5.41, 5.74) is 0. The summed E-state index contributed by atoms with van der Waals surface area (Å²) in [6.45, 7) is 3.49. The van der Waals surface area contributed by atoms with E-state index >= 15 is 0 Å². The van der Waals surface area contributed by atoms with Gasteiger partial charge in [-0.3, -0.25) is 4.79 Å². The van der Waals surface area contributed by atoms with Crippen LogP contribution in [0.1, 0.15) is 34.2 Å². The van der Waals surface area contributed by atoms with Crippen LogP contribution in [0.2, 0.25) is 0 Å². The van der Waals surface area contributed by atoms with Crippen molar-refractivity contribution in [3.8, 4) is 0 Å². The fourth-order valence-electron chi connectivity index (χ4n) is 2.58. The molecular weight excluding hydrogens is 274 g/mol. The lowest BCUT2D eigenvalue weighted by Crippen LogP contribution is -2.28. The van der Waals surface area contributed by atoms with Crippen LogP contribution in [0.25, 0.3) is 0 Å². The Morgan fingerprint density at radius 1 is 1.60 bits per heavy atom. The maximum atomic E-state index is 12.2. The van der Waals surface area contributed by atoms with Crippen molar-refractivity contribution in [1.29, 1.82) is 0 Å². The Labute approximate surface area is 121 Å². The molecule has 1 atom stereocenters. The molecule has 0 radical (unpaired) electrons. The fraction of sp³-hybridized carbons (Fsp3) is 0.500. The summed E-state index contributed by atoms with van der Waals surface area (Å²) < 4.78 is 4.96. The molecule has 1 aliphatic rings. The number of aromatic nitrogens is 2. The van der Waals surface area contributed by atoms with Crippen molar-refractivity contribution in [1.82, 2.24) is 15.0 Å². The molecule has 5 nitrogen and oxygen atoms in total. The Hall–Kier alpha value is -1.69. The van der Waals surface area contributed by atoms with Gasteiger partial charge >= 0.3 is 0 Å². The van der Waals surface area contributed by atoms with Gasteiger partial charge in [-0.1, -0.05) is 11.2 Å². The standard InChI is InChI=1S/C14H17N3O2S/c1-10-15-13(16-19-10)5-4-11-6-7-17(9-11)14(18)12-3-2-8-20-12/h2-3,8,11H,4-7,9H2,1H3. The first-order valence-corrected chi connectivity index (χ1v) is 7.72. The summed E-state index contributed by atoms with van der Waals surface area (Å²) in [6, 6.07) is 3.81. The van der Waals surface area contributed by atoms with E-state index in [2.05, 4.69) is 10.1 Å². The number of hydrogen-bond acceptors (Lipinski definition) is 5. The van der Waals surface area contributed by atoms with Crippen LogP contribution in [0.15, 0.2) is 22.0 Å². The average molecular weight is 291 g/mol. The van der Waals surface area contributed by atoms with E-state index in [1.54, 1.807) is 6.92 Å². The first-order chi connectivity index (χ1) is 9.72. The molecule has 2 aromatic heterocycles. The van der Waals surface area contributed by atoms with Crippen molar-refractivity contribution in [2.24, 2.45) is 5.92 Å². The number of nitrogens with zero attached hydrogens (tertiary/aromatic N) is 3. The highest BCUT2D eigenvalue weighted by Gasteiger charge is 2.27. The third-order valence-electron chi connectivity index (χ3n) is 3.65. The van der Waals surface area contributed by atoms with Crippen molar-refractivity contribution in [2.45, 2.75) is 26.2 Å². The third kappa shape index (κ3) is 2.90. The molecule has 20 heavy (non-hydrogen) atoms. The van der Waals surface area contributed by atoms with Crippen LogP contribution in [0.4, 0.5) is 0 Å². The summed E-state index contributed by atoms with van der Waals surface area (Å²) in [5, 5.41) is 5.85. The number of aryl methyl sites for hydroxylation is 2. The van der Waals surface area contributed by atoms with Crippen molar-refractivity contribution in [3.05, 3.63) is 34.1 Å². The quantitative estimate of drug-likeness (QED) is 0.868. The van der Waals surface area contributed by atoms with E-state index in [-0.39, 0.29) is 5.91 Å². The molecule has 1 fully saturated rings. The van der Waals surface area contributed by atoms with E-state index in [1.165, 1.54) is 11.3 Å². The maximum Gasteiger partial charge on any atom is 0.263 e. The molecule has 1 unspecified atom stereocenters. The molecule has 0 aliphatic carbocycles. The second-order valence-electron chi connectivity index (χ2n) is 5.15. The SMILES string of the molecule is Cc1nc(CCC2CCN(C(=O)c3cccs3)C2)no1. The number of carbonyl (C=O) groups is 1. The normalized spacial score (nSPS) is 18.6. The number of carbonyl (C=O) groups excluding carboxylic acids is 1. The summed E-state index contributed by atoms with van der Waals surface area (Å²) in [7, 11) is 0. The number of thiophene rings is 1. The first-order valence-electron chi connectivity index (χ1n) is 6.84. The summed E-state index contributed by atoms with van der Waals surface area (Å²) >= 11 is 1.51. The Kier molecular flexibility index (Phi) is 3.82. The Bertz CT molecular complexity index is 579. The van der Waals surface area contributed by atoms with Gasteiger partial charge in [-0.05, 0) is 30.2 Å². The Morgan fingerprint density at radius 3 is 3.20 bits per heavy atom. The number of likely N-dealkylation sites (tertiary alicyclic amines) is 1. The molecule has 3 heterocycles. The van der Waals surface area contributed by atoms with Gasteiger partial charge in [0, 0.05) is 26.4 Å². The zero-order valence-corrected chi connectivity index (χ0v) is 12.2. The van der Waals surface area contributed by atoms with Crippen LogP contribution in [-0.2, 0) is 6.42 Å². The second-order valence-corrected chi connectivity index (χ2v) is 6.10. The largest absolute Gasteiger partial charge is 0.340 e. The second kappa shape index (κ2) is 5.75. The maximum absolute atomic E-state index is 12.2. The molecular formula is C14H17N3O2S. The molecule has 0 aromatic carbocycles. The molecule has 106 valence electrons. The predicted octanol–water partition coefficient (Wildman–Crippen LogP) is 2.53. The zero-order valence-electron chi connectivity index (χ0n) is 11.4. The van der Waals surface area contributed by atoms with Crippen LogP contribution >= 0.6 is 11.3 Å². The van der Waals surface area contributed by atoms with Crippen LogP contribution in [0.5, 0.6) is 0 Å². The predicted molar refractivity (Wildman–Crippen MR) is 75.7 cm³/mol. The van der Waals surface area contributed by atoms with Crippen molar-refractivity contribution in [2.75, 3.05) is 13.1 Å². The van der Waals surface area contributed by atoms with E-state index in [9.17, 15) is 4.79 Å². The molecule has 2 aromatic rings. The number of amides is 1. The minimum atomic E-state index is 0.165. The number of rotatable bonds is 4. The molecule has 1 amide bonds. The van der Waals surface area contributed by atoms with E-state index < -0.39 is 0 Å². The average Bonchev–Trinajstić information content (AvgIpc) is 3.17. The van der Waals surface area contributed by atoms with E-state index in [4.69, 9.17) is 4.52 Å². The molecule has 0 N–H and O–H groups in total. The zero-order chi connectivity index (χ0) is 13.9. The smallest absolute Gasteiger partial charge is 0.263 e. The lowest BCUT2D eigenvalue weighted by Gasteiger charge is -2.15. The lowest BCUT2D eigenvalue weighted by atomic mass is 10.0. The number of hydrogen-bond donors (Lipinski definition) is 0.